The van der Waals surface area contributed by atoms with Gasteiger partial charge in [-0.25, -0.2) is 4.99 Å². The van der Waals surface area contributed by atoms with Crippen LogP contribution in [0.4, 0.5) is 0 Å². The third kappa shape index (κ3) is 6.07. The lowest BCUT2D eigenvalue weighted by Gasteiger charge is -2.26. The molecule has 5 heterocycles. The Labute approximate surface area is 298 Å². The number of Topliss-reactive ketones (excluding diaryl/α,β-unsaturated/α-hetero) is 1. The predicted octanol–water partition coefficient (Wildman–Crippen LogP) is 7.68. The lowest BCUT2D eigenvalue weighted by molar-refractivity contribution is -0.124. The van der Waals surface area contributed by atoms with Crippen molar-refractivity contribution in [1.29, 1.82) is 0 Å². The van der Waals surface area contributed by atoms with Gasteiger partial charge in [-0.2, -0.15) is 0 Å². The van der Waals surface area contributed by atoms with Crippen LogP contribution >= 0.6 is 22.6 Å². The molecular weight excluding hydrogens is 703 g/mol. The van der Waals surface area contributed by atoms with Gasteiger partial charge in [-0.3, -0.25) is 15.1 Å². The summed E-state index contributed by atoms with van der Waals surface area (Å²) in [6.45, 7) is 17.8. The number of carbonyl (C=O) groups is 1. The van der Waals surface area contributed by atoms with Crippen LogP contribution < -0.4 is 16.0 Å². The minimum absolute atomic E-state index is 0.0227. The fourth-order valence-corrected chi connectivity index (χ4v) is 7.45. The summed E-state index contributed by atoms with van der Waals surface area (Å²) in [5.74, 6) is 0.172. The Kier molecular flexibility index (Phi) is 8.06. The number of rotatable bonds is 2. The lowest BCUT2D eigenvalue weighted by Crippen LogP contribution is -2.34. The summed E-state index contributed by atoms with van der Waals surface area (Å²) in [6.07, 6.45) is 9.90. The fourth-order valence-electron chi connectivity index (χ4n) is 7.09. The average Bonchev–Trinajstić information content (AvgIpc) is 3.81. The number of halogens is 1. The Balaban J connectivity index is 1.55. The standard InChI is InChI=1S/C42H45IN4O/c1-40(2,3)26-19-25(20-27(21-26)41(4,5)6)38-32-16-14-30(45-32)23-36-42(7,8)39(48)35(47-36)22-29-13-15-31(44-29)37(33-17-18-34(38)46-33)24-9-11-28(43)12-10-24/h9-16,19-23,35-36,45,47H,17-18H2,1-8H3/b29-22-,30-23-,37-33-,38-32?. The van der Waals surface area contributed by atoms with E-state index in [-0.39, 0.29) is 22.7 Å². The van der Waals surface area contributed by atoms with E-state index in [4.69, 9.17) is 9.98 Å². The molecule has 0 spiro atoms. The molecule has 7 rings (SSSR count). The third-order valence-corrected chi connectivity index (χ3v) is 10.9. The first-order valence-electron chi connectivity index (χ1n) is 17.0. The van der Waals surface area contributed by atoms with Crippen molar-refractivity contribution < 1.29 is 4.79 Å². The second-order valence-electron chi connectivity index (χ2n) is 16.2. The molecule has 8 bridgehead atoms. The molecule has 1 saturated heterocycles. The number of nitrogens with zero attached hydrogens (tertiary/aromatic N) is 2. The summed E-state index contributed by atoms with van der Waals surface area (Å²) in [6, 6.07) is 19.5. The van der Waals surface area contributed by atoms with Crippen LogP contribution in [0.1, 0.15) is 90.5 Å². The van der Waals surface area contributed by atoms with Crippen LogP contribution in [0.2, 0.25) is 0 Å². The van der Waals surface area contributed by atoms with Crippen LogP contribution in [0.5, 0.6) is 0 Å². The highest BCUT2D eigenvalue weighted by molar-refractivity contribution is 14.1. The van der Waals surface area contributed by atoms with E-state index in [1.807, 2.05) is 26.0 Å². The average molecular weight is 749 g/mol. The number of benzene rings is 2. The molecule has 0 saturated carbocycles. The van der Waals surface area contributed by atoms with Gasteiger partial charge in [-0.15, -0.1) is 0 Å². The molecule has 4 aliphatic heterocycles. The number of hydrogen-bond donors (Lipinski definition) is 2. The molecule has 0 amide bonds. The van der Waals surface area contributed by atoms with Crippen LogP contribution in [0.3, 0.4) is 0 Å². The summed E-state index contributed by atoms with van der Waals surface area (Å²) in [4.78, 5) is 28.1. The molecule has 2 unspecified atom stereocenters. The number of fused-ring (bicyclic) bond motifs is 6. The Morgan fingerprint density at radius 1 is 0.792 bits per heavy atom. The first-order valence-corrected chi connectivity index (χ1v) is 18.1. The van der Waals surface area contributed by atoms with Crippen molar-refractivity contribution in [2.75, 3.05) is 0 Å². The molecule has 48 heavy (non-hydrogen) atoms. The molecule has 0 radical (unpaired) electrons. The van der Waals surface area contributed by atoms with Gasteiger partial charge in [0.05, 0.1) is 28.9 Å². The zero-order chi connectivity index (χ0) is 34.2. The quantitative estimate of drug-likeness (QED) is 0.264. The van der Waals surface area contributed by atoms with Crippen LogP contribution in [-0.4, -0.2) is 34.3 Å². The van der Waals surface area contributed by atoms with E-state index in [1.54, 1.807) is 0 Å². The Hall–Kier alpha value is -3.62. The fraction of sp³-hybridized carbons (Fsp3) is 0.357. The van der Waals surface area contributed by atoms with E-state index >= 15 is 0 Å². The molecule has 6 heteroatoms. The van der Waals surface area contributed by atoms with Crippen LogP contribution in [-0.2, 0) is 15.6 Å². The number of H-pyrrole nitrogens is 1. The number of aliphatic imine (C=N–C) groups is 2. The Bertz CT molecular complexity index is 2090. The zero-order valence-electron chi connectivity index (χ0n) is 29.3. The topological polar surface area (TPSA) is 69.6 Å². The molecule has 5 nitrogen and oxygen atoms in total. The number of carbonyl (C=O) groups excluding carboxylic acids is 1. The van der Waals surface area contributed by atoms with Crippen molar-refractivity contribution in [2.24, 2.45) is 15.4 Å². The maximum atomic E-state index is 13.7. The van der Waals surface area contributed by atoms with E-state index in [0.717, 1.165) is 63.1 Å². The molecule has 0 aliphatic carbocycles. The molecule has 3 aromatic rings. The number of allylic oxidation sites excluding steroid dienone is 4. The van der Waals surface area contributed by atoms with Gasteiger partial charge < -0.3 is 4.98 Å². The summed E-state index contributed by atoms with van der Waals surface area (Å²) >= 11 is 2.35. The lowest BCUT2D eigenvalue weighted by atomic mass is 9.78. The van der Waals surface area contributed by atoms with Crippen LogP contribution in [0.15, 0.2) is 94.2 Å². The summed E-state index contributed by atoms with van der Waals surface area (Å²) < 4.78 is 1.18. The van der Waals surface area contributed by atoms with Gasteiger partial charge in [0.25, 0.3) is 0 Å². The van der Waals surface area contributed by atoms with Gasteiger partial charge in [0, 0.05) is 36.9 Å². The number of aromatic amines is 1. The monoisotopic (exact) mass is 748 g/mol. The van der Waals surface area contributed by atoms with Gasteiger partial charge in [-0.1, -0.05) is 85.7 Å². The zero-order valence-corrected chi connectivity index (χ0v) is 31.4. The molecule has 2 atom stereocenters. The Morgan fingerprint density at radius 3 is 2.15 bits per heavy atom. The third-order valence-electron chi connectivity index (χ3n) is 10.2. The van der Waals surface area contributed by atoms with E-state index in [1.165, 1.54) is 20.3 Å². The molecule has 4 aliphatic rings. The maximum absolute atomic E-state index is 13.7. The minimum Gasteiger partial charge on any atom is -0.355 e. The number of nitrogens with one attached hydrogen (secondary N) is 2. The second kappa shape index (κ2) is 11.8. The van der Waals surface area contributed by atoms with Crippen molar-refractivity contribution in [3.8, 4) is 0 Å². The maximum Gasteiger partial charge on any atom is 0.161 e. The molecule has 1 aromatic heterocycles. The van der Waals surface area contributed by atoms with Crippen LogP contribution in [0, 0.1) is 8.99 Å². The molecule has 2 aromatic carbocycles. The van der Waals surface area contributed by atoms with E-state index in [0.29, 0.717) is 0 Å². The second-order valence-corrected chi connectivity index (χ2v) is 17.4. The Morgan fingerprint density at radius 2 is 1.48 bits per heavy atom. The van der Waals surface area contributed by atoms with E-state index in [9.17, 15) is 4.79 Å². The SMILES string of the molecule is CC(C)(C)c1cc(C2=c3cc/c([nH]3)=C/C3NC(/C=C4/C=CC(=N4)/C(c4ccc(I)cc4)=C4/CCC2=N4)C(=O)C3(C)C)cc(C(C)(C)C)c1. The highest BCUT2D eigenvalue weighted by atomic mass is 127. The van der Waals surface area contributed by atoms with Gasteiger partial charge in [-0.05, 0) is 117 Å². The van der Waals surface area contributed by atoms with Gasteiger partial charge in [0.2, 0.25) is 0 Å². The van der Waals surface area contributed by atoms with Crippen LogP contribution in [0.25, 0.3) is 17.2 Å². The smallest absolute Gasteiger partial charge is 0.161 e. The largest absolute Gasteiger partial charge is 0.355 e. The highest BCUT2D eigenvalue weighted by Gasteiger charge is 2.46. The number of ketones is 1. The van der Waals surface area contributed by atoms with Gasteiger partial charge >= 0.3 is 0 Å². The number of hydrogen-bond acceptors (Lipinski definition) is 4. The van der Waals surface area contributed by atoms with E-state index < -0.39 is 11.5 Å². The van der Waals surface area contributed by atoms with Crippen molar-refractivity contribution >= 4 is 57.0 Å². The van der Waals surface area contributed by atoms with Crippen molar-refractivity contribution in [1.82, 2.24) is 10.3 Å². The van der Waals surface area contributed by atoms with Gasteiger partial charge in [0.1, 0.15) is 0 Å². The van der Waals surface area contributed by atoms with Crippen molar-refractivity contribution in [2.45, 2.75) is 91.1 Å². The summed E-state index contributed by atoms with van der Waals surface area (Å²) in [5.41, 5.74) is 10.2. The minimum atomic E-state index is -0.581. The van der Waals surface area contributed by atoms with Crippen molar-refractivity contribution in [3.63, 3.8) is 0 Å². The first-order chi connectivity index (χ1) is 22.6. The first kappa shape index (κ1) is 32.9. The normalized spacial score (nSPS) is 25.4. The number of aromatic nitrogens is 1. The molecule has 1 fully saturated rings. The van der Waals surface area contributed by atoms with E-state index in [2.05, 4.69) is 141 Å². The van der Waals surface area contributed by atoms with Crippen molar-refractivity contribution in [3.05, 3.63) is 121 Å². The molecule has 2 N–H and O–H groups in total. The predicted molar refractivity (Wildman–Crippen MR) is 208 cm³/mol. The molecule has 246 valence electrons. The highest BCUT2D eigenvalue weighted by Crippen LogP contribution is 2.38. The molecular formula is C42H45IN4O. The summed E-state index contributed by atoms with van der Waals surface area (Å²) in [7, 11) is 0. The van der Waals surface area contributed by atoms with Gasteiger partial charge in [0.15, 0.2) is 5.78 Å². The summed E-state index contributed by atoms with van der Waals surface area (Å²) in [5, 5.41) is 5.64.